The average molecular weight is 349 g/mol. The normalized spacial score (nSPS) is 12.0. The van der Waals surface area contributed by atoms with Crippen molar-refractivity contribution in [1.82, 2.24) is 4.90 Å². The number of likely N-dealkylation sites (N-methyl/N-ethyl adjacent to an activating group) is 1. The lowest BCUT2D eigenvalue weighted by Crippen LogP contribution is -2.37. The Morgan fingerprint density at radius 1 is 1.08 bits per heavy atom. The van der Waals surface area contributed by atoms with Crippen molar-refractivity contribution in [3.05, 3.63) is 60.7 Å². The second-order valence-electron chi connectivity index (χ2n) is 6.32. The zero-order chi connectivity index (χ0) is 18.7. The van der Waals surface area contributed by atoms with Crippen molar-refractivity contribution in [2.24, 2.45) is 0 Å². The van der Waals surface area contributed by atoms with Gasteiger partial charge in [-0.25, -0.2) is 0 Å². The maximum absolute atomic E-state index is 12.4. The number of aromatic hydroxyl groups is 1. The highest BCUT2D eigenvalue weighted by Gasteiger charge is 2.20. The van der Waals surface area contributed by atoms with Crippen LogP contribution in [0.3, 0.4) is 0 Å². The molecule has 0 aliphatic rings. The van der Waals surface area contributed by atoms with E-state index < -0.39 is 6.10 Å². The van der Waals surface area contributed by atoms with Crippen LogP contribution in [-0.4, -0.2) is 35.6 Å². The molecule has 0 aliphatic heterocycles. The smallest absolute Gasteiger partial charge is 0.263 e. The van der Waals surface area contributed by atoms with Crippen molar-refractivity contribution < 1.29 is 14.6 Å². The number of carbonyl (C=O) groups excluding carboxylic acids is 1. The van der Waals surface area contributed by atoms with Crippen molar-refractivity contribution in [2.75, 3.05) is 13.6 Å². The van der Waals surface area contributed by atoms with Crippen LogP contribution >= 0.6 is 0 Å². The van der Waals surface area contributed by atoms with Gasteiger partial charge in [-0.3, -0.25) is 4.79 Å². The molecule has 0 aromatic heterocycles. The SMILES string of the molecule is CCN(C)C(=O)C(C)Oc1ccc2ccccc2c1-c1ccc(O)cc1. The van der Waals surface area contributed by atoms with E-state index in [1.807, 2.05) is 55.5 Å². The zero-order valence-corrected chi connectivity index (χ0v) is 15.3. The fraction of sp³-hybridized carbons (Fsp3) is 0.227. The Balaban J connectivity index is 2.09. The van der Waals surface area contributed by atoms with Gasteiger partial charge >= 0.3 is 0 Å². The number of hydrogen-bond acceptors (Lipinski definition) is 3. The summed E-state index contributed by atoms with van der Waals surface area (Å²) >= 11 is 0. The lowest BCUT2D eigenvalue weighted by Gasteiger charge is -2.22. The number of rotatable bonds is 5. The van der Waals surface area contributed by atoms with Gasteiger partial charge in [-0.2, -0.15) is 0 Å². The average Bonchev–Trinajstić information content (AvgIpc) is 2.67. The lowest BCUT2D eigenvalue weighted by atomic mass is 9.97. The summed E-state index contributed by atoms with van der Waals surface area (Å²) in [4.78, 5) is 14.0. The molecule has 0 heterocycles. The van der Waals surface area contributed by atoms with Gasteiger partial charge in [0.2, 0.25) is 0 Å². The first-order chi connectivity index (χ1) is 12.5. The predicted molar refractivity (Wildman–Crippen MR) is 104 cm³/mol. The van der Waals surface area contributed by atoms with Crippen LogP contribution in [0.5, 0.6) is 11.5 Å². The number of amides is 1. The predicted octanol–water partition coefficient (Wildman–Crippen LogP) is 4.46. The number of hydrogen-bond donors (Lipinski definition) is 1. The van der Waals surface area contributed by atoms with Gasteiger partial charge in [0.25, 0.3) is 5.91 Å². The standard InChI is InChI=1S/C22H23NO3/c1-4-23(3)22(25)15(2)26-20-14-11-16-7-5-6-8-19(16)21(20)17-9-12-18(24)13-10-17/h5-15,24H,4H2,1-3H3. The molecular weight excluding hydrogens is 326 g/mol. The fourth-order valence-corrected chi connectivity index (χ4v) is 2.98. The molecule has 0 fully saturated rings. The maximum Gasteiger partial charge on any atom is 0.263 e. The Hall–Kier alpha value is -3.01. The van der Waals surface area contributed by atoms with Crippen LogP contribution in [0.1, 0.15) is 13.8 Å². The van der Waals surface area contributed by atoms with Gasteiger partial charge in [-0.15, -0.1) is 0 Å². The molecule has 1 N–H and O–H groups in total. The molecule has 1 amide bonds. The molecule has 4 nitrogen and oxygen atoms in total. The van der Waals surface area contributed by atoms with E-state index in [2.05, 4.69) is 0 Å². The van der Waals surface area contributed by atoms with E-state index in [-0.39, 0.29) is 11.7 Å². The first-order valence-corrected chi connectivity index (χ1v) is 8.74. The molecule has 26 heavy (non-hydrogen) atoms. The molecule has 3 aromatic carbocycles. The summed E-state index contributed by atoms with van der Waals surface area (Å²) in [7, 11) is 1.77. The third-order valence-corrected chi connectivity index (χ3v) is 4.55. The zero-order valence-electron chi connectivity index (χ0n) is 15.3. The van der Waals surface area contributed by atoms with E-state index >= 15 is 0 Å². The summed E-state index contributed by atoms with van der Waals surface area (Å²) in [5, 5.41) is 11.7. The molecule has 0 aliphatic carbocycles. The third kappa shape index (κ3) is 3.49. The van der Waals surface area contributed by atoms with Crippen LogP contribution in [0.15, 0.2) is 60.7 Å². The largest absolute Gasteiger partial charge is 0.508 e. The van der Waals surface area contributed by atoms with Crippen molar-refractivity contribution >= 4 is 16.7 Å². The van der Waals surface area contributed by atoms with E-state index in [4.69, 9.17) is 4.74 Å². The lowest BCUT2D eigenvalue weighted by molar-refractivity contribution is -0.136. The minimum atomic E-state index is -0.586. The summed E-state index contributed by atoms with van der Waals surface area (Å²) in [5.74, 6) is 0.807. The molecule has 0 spiro atoms. The quantitative estimate of drug-likeness (QED) is 0.740. The second kappa shape index (κ2) is 7.48. The monoisotopic (exact) mass is 349 g/mol. The van der Waals surface area contributed by atoms with Crippen LogP contribution in [-0.2, 0) is 4.79 Å². The number of benzene rings is 3. The van der Waals surface area contributed by atoms with E-state index in [1.165, 1.54) is 0 Å². The van der Waals surface area contributed by atoms with Crippen LogP contribution in [0.25, 0.3) is 21.9 Å². The third-order valence-electron chi connectivity index (χ3n) is 4.55. The molecule has 4 heteroatoms. The molecule has 0 saturated heterocycles. The maximum atomic E-state index is 12.4. The number of nitrogens with zero attached hydrogens (tertiary/aromatic N) is 1. The number of phenolic OH excluding ortho intramolecular Hbond substituents is 1. The van der Waals surface area contributed by atoms with Gasteiger partial charge in [0, 0.05) is 19.2 Å². The van der Waals surface area contributed by atoms with Gasteiger partial charge in [-0.1, -0.05) is 42.5 Å². The van der Waals surface area contributed by atoms with E-state index in [0.29, 0.717) is 12.3 Å². The Bertz CT molecular complexity index is 918. The first kappa shape index (κ1) is 17.8. The molecule has 0 radical (unpaired) electrons. The second-order valence-corrected chi connectivity index (χ2v) is 6.32. The molecule has 134 valence electrons. The summed E-state index contributed by atoms with van der Waals surface area (Å²) in [5.41, 5.74) is 1.85. The Labute approximate surface area is 153 Å². The van der Waals surface area contributed by atoms with E-state index in [0.717, 1.165) is 21.9 Å². The topological polar surface area (TPSA) is 49.8 Å². The van der Waals surface area contributed by atoms with Gasteiger partial charge in [0.1, 0.15) is 11.5 Å². The molecule has 3 rings (SSSR count). The molecule has 1 unspecified atom stereocenters. The van der Waals surface area contributed by atoms with Gasteiger partial charge in [0.05, 0.1) is 0 Å². The summed E-state index contributed by atoms with van der Waals surface area (Å²) in [6.07, 6.45) is -0.586. The van der Waals surface area contributed by atoms with Gasteiger partial charge < -0.3 is 14.7 Å². The number of carbonyl (C=O) groups is 1. The molecule has 1 atom stereocenters. The number of fused-ring (bicyclic) bond motifs is 1. The highest BCUT2D eigenvalue weighted by atomic mass is 16.5. The summed E-state index contributed by atoms with van der Waals surface area (Å²) in [6, 6.07) is 19.0. The molecule has 0 bridgehead atoms. The minimum absolute atomic E-state index is 0.0580. The molecule has 0 saturated carbocycles. The highest BCUT2D eigenvalue weighted by molar-refractivity contribution is 6.00. The van der Waals surface area contributed by atoms with E-state index in [9.17, 15) is 9.90 Å². The molecular formula is C22H23NO3. The minimum Gasteiger partial charge on any atom is -0.508 e. The Morgan fingerprint density at radius 3 is 2.46 bits per heavy atom. The number of phenols is 1. The van der Waals surface area contributed by atoms with Crippen LogP contribution in [0.4, 0.5) is 0 Å². The van der Waals surface area contributed by atoms with Crippen molar-refractivity contribution in [2.45, 2.75) is 20.0 Å². The first-order valence-electron chi connectivity index (χ1n) is 8.74. The van der Waals surface area contributed by atoms with Crippen LogP contribution < -0.4 is 4.74 Å². The Morgan fingerprint density at radius 2 is 1.77 bits per heavy atom. The van der Waals surface area contributed by atoms with Crippen LogP contribution in [0, 0.1) is 0 Å². The summed E-state index contributed by atoms with van der Waals surface area (Å²) in [6.45, 7) is 4.34. The number of ether oxygens (including phenoxy) is 1. The van der Waals surface area contributed by atoms with Crippen molar-refractivity contribution in [3.8, 4) is 22.6 Å². The fourth-order valence-electron chi connectivity index (χ4n) is 2.98. The van der Waals surface area contributed by atoms with Crippen LogP contribution in [0.2, 0.25) is 0 Å². The van der Waals surface area contributed by atoms with E-state index in [1.54, 1.807) is 31.0 Å². The van der Waals surface area contributed by atoms with Crippen molar-refractivity contribution in [1.29, 1.82) is 0 Å². The van der Waals surface area contributed by atoms with Crippen molar-refractivity contribution in [3.63, 3.8) is 0 Å². The summed E-state index contributed by atoms with van der Waals surface area (Å²) < 4.78 is 6.07. The Kier molecular flexibility index (Phi) is 5.12. The highest BCUT2D eigenvalue weighted by Crippen LogP contribution is 2.38. The van der Waals surface area contributed by atoms with Gasteiger partial charge in [-0.05, 0) is 48.4 Å². The van der Waals surface area contributed by atoms with Gasteiger partial charge in [0.15, 0.2) is 6.10 Å². The molecule has 3 aromatic rings.